The molecule has 0 unspecified atom stereocenters. The second-order valence-electron chi connectivity index (χ2n) is 12.0. The summed E-state index contributed by atoms with van der Waals surface area (Å²) in [6, 6.07) is 10.1. The molecular formula is C31H43N7O2. The van der Waals surface area contributed by atoms with Gasteiger partial charge in [-0.3, -0.25) is 4.90 Å². The molecule has 0 bridgehead atoms. The van der Waals surface area contributed by atoms with E-state index in [0.717, 1.165) is 48.3 Å². The number of anilines is 3. The van der Waals surface area contributed by atoms with Crippen LogP contribution in [0.2, 0.25) is 0 Å². The molecular weight excluding hydrogens is 502 g/mol. The average molecular weight is 546 g/mol. The van der Waals surface area contributed by atoms with Crippen molar-refractivity contribution in [3.8, 4) is 11.8 Å². The molecule has 3 N–H and O–H groups in total. The molecule has 1 aromatic carbocycles. The van der Waals surface area contributed by atoms with Crippen LogP contribution in [0.3, 0.4) is 0 Å². The van der Waals surface area contributed by atoms with Crippen LogP contribution in [0.15, 0.2) is 36.5 Å². The Balaban J connectivity index is 1.73. The smallest absolute Gasteiger partial charge is 0.416 e. The van der Waals surface area contributed by atoms with Crippen LogP contribution >= 0.6 is 0 Å². The topological polar surface area (TPSA) is 95.8 Å². The SMILES string of the molecule is CC#CCNc1cccc(CN(C(=O)OC(C)(C)C)c2cc(N[C@H]3CCC(C)(C)NC3)nc3c(CC)cnn23)c1. The molecule has 1 aliphatic heterocycles. The number of carbonyl (C=O) groups is 1. The van der Waals surface area contributed by atoms with E-state index in [1.807, 2.05) is 64.2 Å². The molecule has 4 rings (SSSR count). The number of fused-ring (bicyclic) bond motifs is 1. The average Bonchev–Trinajstić information content (AvgIpc) is 3.31. The van der Waals surface area contributed by atoms with Gasteiger partial charge in [-0.2, -0.15) is 9.61 Å². The van der Waals surface area contributed by atoms with Crippen LogP contribution in [0, 0.1) is 11.8 Å². The Morgan fingerprint density at radius 2 is 2.10 bits per heavy atom. The Bertz CT molecular complexity index is 1380. The number of nitrogens with zero attached hydrogens (tertiary/aromatic N) is 4. The highest BCUT2D eigenvalue weighted by molar-refractivity contribution is 5.88. The van der Waals surface area contributed by atoms with Crippen molar-refractivity contribution in [1.29, 1.82) is 0 Å². The fourth-order valence-electron chi connectivity index (χ4n) is 4.72. The van der Waals surface area contributed by atoms with Gasteiger partial charge in [0.15, 0.2) is 5.65 Å². The van der Waals surface area contributed by atoms with Gasteiger partial charge in [-0.1, -0.05) is 25.0 Å². The second-order valence-corrected chi connectivity index (χ2v) is 12.0. The number of nitrogens with one attached hydrogen (secondary N) is 3. The molecule has 1 aliphatic rings. The molecule has 40 heavy (non-hydrogen) atoms. The van der Waals surface area contributed by atoms with Crippen molar-refractivity contribution >= 4 is 29.1 Å². The Morgan fingerprint density at radius 1 is 1.30 bits per heavy atom. The molecule has 3 heterocycles. The highest BCUT2D eigenvalue weighted by Crippen LogP contribution is 2.28. The van der Waals surface area contributed by atoms with Crippen LogP contribution in [-0.2, 0) is 17.7 Å². The van der Waals surface area contributed by atoms with Gasteiger partial charge in [-0.05, 0) is 78.5 Å². The Hall–Kier alpha value is -3.77. The normalized spacial score (nSPS) is 16.6. The van der Waals surface area contributed by atoms with E-state index in [-0.39, 0.29) is 11.6 Å². The number of piperidine rings is 1. The van der Waals surface area contributed by atoms with Gasteiger partial charge in [0, 0.05) is 35.4 Å². The number of hydrogen-bond acceptors (Lipinski definition) is 7. The lowest BCUT2D eigenvalue weighted by Crippen LogP contribution is -2.50. The van der Waals surface area contributed by atoms with Gasteiger partial charge in [0.25, 0.3) is 0 Å². The maximum atomic E-state index is 13.7. The zero-order valence-corrected chi connectivity index (χ0v) is 24.9. The van der Waals surface area contributed by atoms with Crippen molar-refractivity contribution in [2.75, 3.05) is 28.6 Å². The predicted octanol–water partition coefficient (Wildman–Crippen LogP) is 5.61. The lowest BCUT2D eigenvalue weighted by molar-refractivity contribution is 0.0575. The molecule has 1 amide bonds. The van der Waals surface area contributed by atoms with E-state index in [1.165, 1.54) is 0 Å². The zero-order valence-electron chi connectivity index (χ0n) is 24.9. The maximum absolute atomic E-state index is 13.7. The van der Waals surface area contributed by atoms with Crippen LogP contribution in [0.5, 0.6) is 0 Å². The first-order valence-electron chi connectivity index (χ1n) is 14.1. The van der Waals surface area contributed by atoms with Crippen molar-refractivity contribution in [1.82, 2.24) is 19.9 Å². The summed E-state index contributed by atoms with van der Waals surface area (Å²) >= 11 is 0. The fraction of sp³-hybridized carbons (Fsp3) is 0.516. The molecule has 0 aliphatic carbocycles. The van der Waals surface area contributed by atoms with Crippen molar-refractivity contribution in [3.63, 3.8) is 0 Å². The third-order valence-corrected chi connectivity index (χ3v) is 6.92. The summed E-state index contributed by atoms with van der Waals surface area (Å²) < 4.78 is 7.64. The van der Waals surface area contributed by atoms with Crippen molar-refractivity contribution in [2.45, 2.75) is 91.5 Å². The summed E-state index contributed by atoms with van der Waals surface area (Å²) in [5.41, 5.74) is 3.09. The molecule has 9 heteroatoms. The Labute approximate surface area is 238 Å². The summed E-state index contributed by atoms with van der Waals surface area (Å²) in [4.78, 5) is 20.3. The minimum Gasteiger partial charge on any atom is -0.443 e. The lowest BCUT2D eigenvalue weighted by Gasteiger charge is -2.36. The standard InChI is InChI=1S/C31H43N7O2/c1-8-10-16-32-24-13-11-12-22(17-24)21-37(29(39)40-30(3,4)5)27-18-26(35-25-14-15-31(6,7)33-20-25)36-28-23(9-2)19-34-38(27)28/h11-13,17-19,25,32-33H,9,14-16,20-21H2,1-7H3,(H,35,36)/t25-/m0/s1. The number of hydrogen-bond donors (Lipinski definition) is 3. The van der Waals surface area contributed by atoms with Crippen LogP contribution in [0.4, 0.5) is 22.1 Å². The van der Waals surface area contributed by atoms with E-state index < -0.39 is 11.7 Å². The van der Waals surface area contributed by atoms with Gasteiger partial charge in [-0.15, -0.1) is 5.92 Å². The summed E-state index contributed by atoms with van der Waals surface area (Å²) in [7, 11) is 0. The fourth-order valence-corrected chi connectivity index (χ4v) is 4.72. The van der Waals surface area contributed by atoms with Gasteiger partial charge in [0.1, 0.15) is 17.2 Å². The molecule has 3 aromatic rings. The number of amides is 1. The van der Waals surface area contributed by atoms with Crippen molar-refractivity contribution in [2.24, 2.45) is 0 Å². The molecule has 1 saturated heterocycles. The highest BCUT2D eigenvalue weighted by atomic mass is 16.6. The van der Waals surface area contributed by atoms with E-state index in [9.17, 15) is 4.79 Å². The largest absolute Gasteiger partial charge is 0.443 e. The number of carbonyl (C=O) groups excluding carboxylic acids is 1. The van der Waals surface area contributed by atoms with Gasteiger partial charge < -0.3 is 20.7 Å². The van der Waals surface area contributed by atoms with Crippen LogP contribution < -0.4 is 20.9 Å². The quantitative estimate of drug-likeness (QED) is 0.317. The second kappa shape index (κ2) is 12.2. The maximum Gasteiger partial charge on any atom is 0.416 e. The zero-order chi connectivity index (χ0) is 28.9. The first-order valence-corrected chi connectivity index (χ1v) is 14.1. The summed E-state index contributed by atoms with van der Waals surface area (Å²) in [6.45, 7) is 15.7. The number of rotatable bonds is 8. The highest BCUT2D eigenvalue weighted by Gasteiger charge is 2.29. The molecule has 1 fully saturated rings. The van der Waals surface area contributed by atoms with E-state index in [2.05, 4.69) is 53.7 Å². The number of aryl methyl sites for hydroxylation is 1. The summed E-state index contributed by atoms with van der Waals surface area (Å²) in [6.07, 6.45) is 4.24. The van der Waals surface area contributed by atoms with Crippen LogP contribution in [0.25, 0.3) is 5.65 Å². The molecule has 2 aromatic heterocycles. The Morgan fingerprint density at radius 3 is 2.77 bits per heavy atom. The third-order valence-electron chi connectivity index (χ3n) is 6.92. The van der Waals surface area contributed by atoms with E-state index in [1.54, 1.807) is 9.42 Å². The molecule has 214 valence electrons. The van der Waals surface area contributed by atoms with Gasteiger partial charge in [0.05, 0.1) is 19.3 Å². The first kappa shape index (κ1) is 29.2. The molecule has 9 nitrogen and oxygen atoms in total. The minimum absolute atomic E-state index is 0.127. The van der Waals surface area contributed by atoms with Gasteiger partial charge >= 0.3 is 6.09 Å². The Kier molecular flexibility index (Phi) is 8.89. The van der Waals surface area contributed by atoms with Crippen LogP contribution in [0.1, 0.15) is 72.4 Å². The summed E-state index contributed by atoms with van der Waals surface area (Å²) in [5, 5.41) is 15.2. The van der Waals surface area contributed by atoms with Crippen LogP contribution in [-0.4, -0.2) is 51.0 Å². The predicted molar refractivity (Wildman–Crippen MR) is 162 cm³/mol. The minimum atomic E-state index is -0.663. The molecule has 0 radical (unpaired) electrons. The molecule has 0 saturated carbocycles. The molecule has 1 atom stereocenters. The number of ether oxygens (including phenoxy) is 1. The van der Waals surface area contributed by atoms with E-state index in [4.69, 9.17) is 9.72 Å². The first-order chi connectivity index (χ1) is 19.0. The van der Waals surface area contributed by atoms with Gasteiger partial charge in [0.2, 0.25) is 0 Å². The summed E-state index contributed by atoms with van der Waals surface area (Å²) in [5.74, 6) is 7.23. The van der Waals surface area contributed by atoms with Gasteiger partial charge in [-0.25, -0.2) is 9.78 Å². The van der Waals surface area contributed by atoms with E-state index in [0.29, 0.717) is 24.7 Å². The van der Waals surface area contributed by atoms with E-state index >= 15 is 0 Å². The third kappa shape index (κ3) is 7.45. The lowest BCUT2D eigenvalue weighted by atomic mass is 9.91. The molecule has 0 spiro atoms. The number of benzene rings is 1. The number of aromatic nitrogens is 3. The monoisotopic (exact) mass is 545 g/mol. The van der Waals surface area contributed by atoms with Crippen molar-refractivity contribution < 1.29 is 9.53 Å². The van der Waals surface area contributed by atoms with Crippen molar-refractivity contribution in [3.05, 3.63) is 47.7 Å².